The highest BCUT2D eigenvalue weighted by Crippen LogP contribution is 2.22. The molecule has 2 rings (SSSR count). The van der Waals surface area contributed by atoms with Crippen molar-refractivity contribution in [2.24, 2.45) is 5.92 Å². The van der Waals surface area contributed by atoms with Crippen LogP contribution >= 0.6 is 0 Å². The third-order valence-corrected chi connectivity index (χ3v) is 5.06. The van der Waals surface area contributed by atoms with Gasteiger partial charge in [-0.25, -0.2) is 4.79 Å². The number of amides is 2. The van der Waals surface area contributed by atoms with Gasteiger partial charge in [0.15, 0.2) is 0 Å². The molecule has 0 spiro atoms. The van der Waals surface area contributed by atoms with Gasteiger partial charge in [0.1, 0.15) is 0 Å². The van der Waals surface area contributed by atoms with Gasteiger partial charge in [0.25, 0.3) is 0 Å². The van der Waals surface area contributed by atoms with Crippen molar-refractivity contribution >= 4 is 6.03 Å². The number of hydrogen-bond acceptors (Lipinski definition) is 3. The number of ether oxygens (including phenoxy) is 1. The normalized spacial score (nSPS) is 29.1. The quantitative estimate of drug-likeness (QED) is 0.819. The number of nitrogens with zero attached hydrogens (tertiary/aromatic N) is 2. The van der Waals surface area contributed by atoms with Crippen LogP contribution in [0.4, 0.5) is 4.79 Å². The largest absolute Gasteiger partial charge is 0.379 e. The topological polar surface area (TPSA) is 44.8 Å². The van der Waals surface area contributed by atoms with E-state index in [1.54, 1.807) is 7.11 Å². The smallest absolute Gasteiger partial charge is 0.317 e. The first-order chi connectivity index (χ1) is 10.6. The number of carbonyl (C=O) groups excluding carboxylic acids is 1. The van der Waals surface area contributed by atoms with Gasteiger partial charge in [0, 0.05) is 26.7 Å². The van der Waals surface area contributed by atoms with Crippen LogP contribution < -0.4 is 5.32 Å². The lowest BCUT2D eigenvalue weighted by Crippen LogP contribution is -2.50. The zero-order chi connectivity index (χ0) is 15.9. The molecule has 1 aliphatic carbocycles. The fourth-order valence-corrected chi connectivity index (χ4v) is 3.87. The molecular formula is C17H33N3O2. The van der Waals surface area contributed by atoms with Crippen molar-refractivity contribution in [2.45, 2.75) is 57.6 Å². The van der Waals surface area contributed by atoms with Gasteiger partial charge in [-0.3, -0.25) is 0 Å². The van der Waals surface area contributed by atoms with E-state index in [-0.39, 0.29) is 18.2 Å². The Balaban J connectivity index is 1.76. The van der Waals surface area contributed by atoms with Crippen LogP contribution in [0.1, 0.15) is 45.4 Å². The third kappa shape index (κ3) is 4.85. The van der Waals surface area contributed by atoms with Crippen LogP contribution in [-0.4, -0.2) is 68.3 Å². The predicted molar refractivity (Wildman–Crippen MR) is 89.1 cm³/mol. The summed E-state index contributed by atoms with van der Waals surface area (Å²) in [6.45, 7) is 6.23. The second kappa shape index (κ2) is 8.73. The maximum absolute atomic E-state index is 12.5. The van der Waals surface area contributed by atoms with Gasteiger partial charge in [-0.15, -0.1) is 0 Å². The number of hydrogen-bond donors (Lipinski definition) is 1. The van der Waals surface area contributed by atoms with Crippen LogP contribution in [-0.2, 0) is 4.74 Å². The van der Waals surface area contributed by atoms with Crippen molar-refractivity contribution in [3.05, 3.63) is 0 Å². The summed E-state index contributed by atoms with van der Waals surface area (Å²) in [5.74, 6) is 0.617. The molecule has 1 saturated heterocycles. The fourth-order valence-electron chi connectivity index (χ4n) is 3.87. The highest BCUT2D eigenvalue weighted by molar-refractivity contribution is 5.74. The van der Waals surface area contributed by atoms with Crippen molar-refractivity contribution in [1.29, 1.82) is 0 Å². The second-order valence-corrected chi connectivity index (χ2v) is 6.98. The average molecular weight is 311 g/mol. The molecule has 0 unspecified atom stereocenters. The van der Waals surface area contributed by atoms with Crippen LogP contribution in [0.15, 0.2) is 0 Å². The van der Waals surface area contributed by atoms with Crippen LogP contribution in [0.5, 0.6) is 0 Å². The molecule has 5 heteroatoms. The summed E-state index contributed by atoms with van der Waals surface area (Å²) < 4.78 is 5.53. The average Bonchev–Trinajstić information content (AvgIpc) is 2.96. The van der Waals surface area contributed by atoms with E-state index in [4.69, 9.17) is 4.74 Å². The second-order valence-electron chi connectivity index (χ2n) is 6.98. The summed E-state index contributed by atoms with van der Waals surface area (Å²) in [6, 6.07) is 0.294. The van der Waals surface area contributed by atoms with E-state index in [1.165, 1.54) is 19.3 Å². The molecule has 1 saturated carbocycles. The number of methoxy groups -OCH3 is 1. The highest BCUT2D eigenvalue weighted by Gasteiger charge is 2.31. The summed E-state index contributed by atoms with van der Waals surface area (Å²) in [4.78, 5) is 16.9. The summed E-state index contributed by atoms with van der Waals surface area (Å²) >= 11 is 0. The molecule has 128 valence electrons. The zero-order valence-corrected chi connectivity index (χ0v) is 14.5. The van der Waals surface area contributed by atoms with Gasteiger partial charge < -0.3 is 19.9 Å². The van der Waals surface area contributed by atoms with Crippen molar-refractivity contribution in [2.75, 3.05) is 40.3 Å². The molecule has 5 nitrogen and oxygen atoms in total. The number of rotatable bonds is 6. The fraction of sp³-hybridized carbons (Fsp3) is 0.941. The predicted octanol–water partition coefficient (Wildman–Crippen LogP) is 2.32. The lowest BCUT2D eigenvalue weighted by Gasteiger charge is -2.32. The Morgan fingerprint density at radius 3 is 2.82 bits per heavy atom. The van der Waals surface area contributed by atoms with Crippen LogP contribution in [0.2, 0.25) is 0 Å². The molecule has 0 aromatic carbocycles. The Bertz CT molecular complexity index is 351. The molecule has 2 amide bonds. The minimum Gasteiger partial charge on any atom is -0.379 e. The maximum Gasteiger partial charge on any atom is 0.317 e. The highest BCUT2D eigenvalue weighted by atomic mass is 16.5. The Morgan fingerprint density at radius 1 is 1.32 bits per heavy atom. The standard InChI is InChI=1S/C17H33N3O2/c1-4-10-19(2)12-14-9-11-20(13-14)17(21)18-15-7-5-6-8-16(15)22-3/h14-16H,4-13H2,1-3H3,(H,18,21)/t14-,15-,16-/m0/s1. The van der Waals surface area contributed by atoms with Crippen LogP contribution in [0.25, 0.3) is 0 Å². The molecule has 2 aliphatic rings. The summed E-state index contributed by atoms with van der Waals surface area (Å²) in [6.07, 6.45) is 7.00. The summed E-state index contributed by atoms with van der Waals surface area (Å²) in [5.41, 5.74) is 0. The van der Waals surface area contributed by atoms with Gasteiger partial charge in [0.2, 0.25) is 0 Å². The number of likely N-dealkylation sites (tertiary alicyclic amines) is 1. The minimum absolute atomic E-state index is 0.106. The van der Waals surface area contributed by atoms with E-state index in [2.05, 4.69) is 24.2 Å². The molecule has 1 aliphatic heterocycles. The molecule has 0 radical (unpaired) electrons. The van der Waals surface area contributed by atoms with Gasteiger partial charge in [0.05, 0.1) is 12.1 Å². The first kappa shape index (κ1) is 17.5. The first-order valence-electron chi connectivity index (χ1n) is 8.90. The van der Waals surface area contributed by atoms with E-state index in [9.17, 15) is 4.79 Å². The van der Waals surface area contributed by atoms with E-state index < -0.39 is 0 Å². The van der Waals surface area contributed by atoms with Crippen LogP contribution in [0, 0.1) is 5.92 Å². The van der Waals surface area contributed by atoms with Crippen molar-refractivity contribution in [3.63, 3.8) is 0 Å². The van der Waals surface area contributed by atoms with Gasteiger partial charge in [-0.2, -0.15) is 0 Å². The Morgan fingerprint density at radius 2 is 2.09 bits per heavy atom. The SMILES string of the molecule is CCCN(C)C[C@@H]1CCN(C(=O)N[C@H]2CCCC[C@@H]2OC)C1. The molecule has 0 bridgehead atoms. The van der Waals surface area contributed by atoms with E-state index >= 15 is 0 Å². The minimum atomic E-state index is 0.106. The first-order valence-corrected chi connectivity index (χ1v) is 8.90. The number of nitrogens with one attached hydrogen (secondary N) is 1. The van der Waals surface area contributed by atoms with Gasteiger partial charge in [-0.05, 0) is 45.2 Å². The lowest BCUT2D eigenvalue weighted by atomic mass is 9.92. The van der Waals surface area contributed by atoms with E-state index in [0.717, 1.165) is 45.4 Å². The monoisotopic (exact) mass is 311 g/mol. The molecule has 1 N–H and O–H groups in total. The molecule has 22 heavy (non-hydrogen) atoms. The molecule has 3 atom stereocenters. The lowest BCUT2D eigenvalue weighted by molar-refractivity contribution is 0.0434. The summed E-state index contributed by atoms with van der Waals surface area (Å²) in [7, 11) is 3.93. The van der Waals surface area contributed by atoms with Crippen molar-refractivity contribution in [1.82, 2.24) is 15.1 Å². The third-order valence-electron chi connectivity index (χ3n) is 5.06. The number of urea groups is 1. The van der Waals surface area contributed by atoms with Gasteiger partial charge in [-0.1, -0.05) is 19.8 Å². The Kier molecular flexibility index (Phi) is 6.96. The van der Waals surface area contributed by atoms with E-state index in [1.807, 2.05) is 4.90 Å². The number of carbonyl (C=O) groups is 1. The molecule has 2 fully saturated rings. The zero-order valence-electron chi connectivity index (χ0n) is 14.5. The Hall–Kier alpha value is -0.810. The molecule has 0 aromatic heterocycles. The maximum atomic E-state index is 12.5. The molecule has 0 aromatic rings. The van der Waals surface area contributed by atoms with Crippen LogP contribution in [0.3, 0.4) is 0 Å². The van der Waals surface area contributed by atoms with Gasteiger partial charge >= 0.3 is 6.03 Å². The van der Waals surface area contributed by atoms with Crippen molar-refractivity contribution < 1.29 is 9.53 Å². The van der Waals surface area contributed by atoms with Crippen molar-refractivity contribution in [3.8, 4) is 0 Å². The molecule has 1 heterocycles. The summed E-state index contributed by atoms with van der Waals surface area (Å²) in [5, 5.41) is 3.21. The van der Waals surface area contributed by atoms with E-state index in [0.29, 0.717) is 5.92 Å². The Labute approximate surface area is 135 Å². The molecular weight excluding hydrogens is 278 g/mol.